The topological polar surface area (TPSA) is 45.5 Å². The zero-order valence-electron chi connectivity index (χ0n) is 16.3. The third-order valence-corrected chi connectivity index (χ3v) is 5.33. The summed E-state index contributed by atoms with van der Waals surface area (Å²) in [5.41, 5.74) is 3.04. The molecule has 29 heavy (non-hydrogen) atoms. The summed E-state index contributed by atoms with van der Waals surface area (Å²) in [7, 11) is 0. The lowest BCUT2D eigenvalue weighted by molar-refractivity contribution is -0.189. The van der Waals surface area contributed by atoms with Crippen molar-refractivity contribution >= 4 is 23.2 Å². The van der Waals surface area contributed by atoms with Crippen LogP contribution in [0.25, 0.3) is 0 Å². The van der Waals surface area contributed by atoms with E-state index in [9.17, 15) is 0 Å². The van der Waals surface area contributed by atoms with E-state index in [-0.39, 0.29) is 6.10 Å². The SMILES string of the molecule is Cc1cc(C)cc(OCC2COC(Cn3ccnc3)(c3ccc(Cl)cc3Cl)O2)c1. The fourth-order valence-electron chi connectivity index (χ4n) is 3.58. The second kappa shape index (κ2) is 8.36. The molecule has 1 saturated heterocycles. The van der Waals surface area contributed by atoms with Crippen LogP contribution < -0.4 is 4.74 Å². The molecule has 2 unspecified atom stereocenters. The summed E-state index contributed by atoms with van der Waals surface area (Å²) in [5.74, 6) is -0.221. The monoisotopic (exact) mass is 432 g/mol. The van der Waals surface area contributed by atoms with E-state index in [0.717, 1.165) is 22.4 Å². The average molecular weight is 433 g/mol. The normalized spacial score (nSPS) is 21.4. The van der Waals surface area contributed by atoms with Crippen LogP contribution in [0, 0.1) is 13.8 Å². The van der Waals surface area contributed by atoms with Gasteiger partial charge in [-0.05, 0) is 49.2 Å². The highest BCUT2D eigenvalue weighted by Crippen LogP contribution is 2.40. The Bertz CT molecular complexity index is 973. The van der Waals surface area contributed by atoms with Crippen LogP contribution >= 0.6 is 23.2 Å². The van der Waals surface area contributed by atoms with Crippen molar-refractivity contribution < 1.29 is 14.2 Å². The predicted molar refractivity (Wildman–Crippen MR) is 113 cm³/mol. The number of nitrogens with zero attached hydrogens (tertiary/aromatic N) is 2. The van der Waals surface area contributed by atoms with E-state index in [4.69, 9.17) is 37.4 Å². The fourth-order valence-corrected chi connectivity index (χ4v) is 4.13. The summed E-state index contributed by atoms with van der Waals surface area (Å²) in [5, 5.41) is 1.05. The molecular weight excluding hydrogens is 411 g/mol. The summed E-state index contributed by atoms with van der Waals surface area (Å²) in [6.07, 6.45) is 5.05. The van der Waals surface area contributed by atoms with Gasteiger partial charge in [-0.3, -0.25) is 0 Å². The molecule has 2 atom stereocenters. The molecule has 1 aromatic heterocycles. The van der Waals surface area contributed by atoms with Crippen LogP contribution in [0.4, 0.5) is 0 Å². The smallest absolute Gasteiger partial charge is 0.215 e. The molecule has 5 nitrogen and oxygen atoms in total. The van der Waals surface area contributed by atoms with Gasteiger partial charge in [0.05, 0.1) is 24.5 Å². The summed E-state index contributed by atoms with van der Waals surface area (Å²) >= 11 is 12.6. The number of imidazole rings is 1. The van der Waals surface area contributed by atoms with E-state index in [1.165, 1.54) is 0 Å². The number of aromatic nitrogens is 2. The minimum Gasteiger partial charge on any atom is -0.491 e. The molecule has 7 heteroatoms. The summed E-state index contributed by atoms with van der Waals surface area (Å²) in [4.78, 5) is 4.11. The Morgan fingerprint density at radius 1 is 1.17 bits per heavy atom. The first-order chi connectivity index (χ1) is 13.9. The van der Waals surface area contributed by atoms with Gasteiger partial charge in [-0.15, -0.1) is 0 Å². The van der Waals surface area contributed by atoms with Crippen molar-refractivity contribution in [3.8, 4) is 5.75 Å². The molecule has 2 aromatic carbocycles. The Hall–Kier alpha value is -2.05. The Labute approximate surface area is 180 Å². The highest BCUT2D eigenvalue weighted by atomic mass is 35.5. The lowest BCUT2D eigenvalue weighted by Crippen LogP contribution is -2.34. The van der Waals surface area contributed by atoms with E-state index in [0.29, 0.717) is 29.8 Å². The lowest BCUT2D eigenvalue weighted by atomic mass is 10.1. The predicted octanol–water partition coefficient (Wildman–Crippen LogP) is 5.15. The van der Waals surface area contributed by atoms with E-state index in [2.05, 4.69) is 11.1 Å². The maximum Gasteiger partial charge on any atom is 0.215 e. The molecule has 0 N–H and O–H groups in total. The number of aryl methyl sites for hydroxylation is 2. The van der Waals surface area contributed by atoms with E-state index < -0.39 is 5.79 Å². The van der Waals surface area contributed by atoms with Gasteiger partial charge >= 0.3 is 0 Å². The zero-order valence-corrected chi connectivity index (χ0v) is 17.8. The van der Waals surface area contributed by atoms with Gasteiger partial charge in [0.15, 0.2) is 0 Å². The molecule has 4 rings (SSSR count). The third kappa shape index (κ3) is 4.59. The Morgan fingerprint density at radius 2 is 1.97 bits per heavy atom. The molecule has 0 radical (unpaired) electrons. The molecule has 1 aliphatic heterocycles. The molecule has 152 valence electrons. The Morgan fingerprint density at radius 3 is 2.66 bits per heavy atom. The number of benzene rings is 2. The minimum absolute atomic E-state index is 0.244. The molecule has 0 bridgehead atoms. The van der Waals surface area contributed by atoms with Crippen molar-refractivity contribution in [1.29, 1.82) is 0 Å². The van der Waals surface area contributed by atoms with Crippen molar-refractivity contribution in [1.82, 2.24) is 9.55 Å². The highest BCUT2D eigenvalue weighted by Gasteiger charge is 2.45. The number of hydrogen-bond acceptors (Lipinski definition) is 4. The largest absolute Gasteiger partial charge is 0.491 e. The molecular formula is C22H22Cl2N2O3. The van der Waals surface area contributed by atoms with Crippen molar-refractivity contribution in [2.75, 3.05) is 13.2 Å². The highest BCUT2D eigenvalue weighted by molar-refractivity contribution is 6.35. The summed E-state index contributed by atoms with van der Waals surface area (Å²) < 4.78 is 20.5. The number of rotatable bonds is 6. The van der Waals surface area contributed by atoms with Gasteiger partial charge < -0.3 is 18.8 Å². The number of ether oxygens (including phenoxy) is 3. The second-order valence-corrected chi connectivity index (χ2v) is 8.14. The molecule has 2 heterocycles. The maximum atomic E-state index is 6.49. The molecule has 3 aromatic rings. The number of halogens is 2. The van der Waals surface area contributed by atoms with Crippen LogP contribution in [0.15, 0.2) is 55.1 Å². The van der Waals surface area contributed by atoms with Crippen LogP contribution in [-0.2, 0) is 21.8 Å². The summed E-state index contributed by atoms with van der Waals surface area (Å²) in [6.45, 7) is 5.27. The van der Waals surface area contributed by atoms with Crippen molar-refractivity contribution in [3.05, 3.63) is 81.9 Å². The van der Waals surface area contributed by atoms with E-state index >= 15 is 0 Å². The lowest BCUT2D eigenvalue weighted by Gasteiger charge is -2.30. The second-order valence-electron chi connectivity index (χ2n) is 7.30. The standard InChI is InChI=1S/C22H22Cl2N2O3/c1-15-7-16(2)9-18(8-15)27-11-19-12-28-22(29-19,13-26-6-5-25-14-26)20-4-3-17(23)10-21(20)24/h3-10,14,19H,11-13H2,1-2H3. The molecule has 0 spiro atoms. The Balaban J connectivity index is 1.55. The van der Waals surface area contributed by atoms with Crippen LogP contribution in [0.1, 0.15) is 16.7 Å². The zero-order chi connectivity index (χ0) is 20.4. The van der Waals surface area contributed by atoms with Gasteiger partial charge in [0.2, 0.25) is 5.79 Å². The number of hydrogen-bond donors (Lipinski definition) is 0. The quantitative estimate of drug-likeness (QED) is 0.539. The van der Waals surface area contributed by atoms with Crippen molar-refractivity contribution in [2.24, 2.45) is 0 Å². The fraction of sp³-hybridized carbons (Fsp3) is 0.318. The van der Waals surface area contributed by atoms with Crippen LogP contribution in [0.3, 0.4) is 0 Å². The first-order valence-corrected chi connectivity index (χ1v) is 10.1. The minimum atomic E-state index is -1.04. The van der Waals surface area contributed by atoms with Crippen molar-refractivity contribution in [2.45, 2.75) is 32.3 Å². The van der Waals surface area contributed by atoms with Gasteiger partial charge in [-0.2, -0.15) is 0 Å². The Kier molecular flexibility index (Phi) is 5.83. The maximum absolute atomic E-state index is 6.49. The van der Waals surface area contributed by atoms with Gasteiger partial charge in [0.1, 0.15) is 18.5 Å². The van der Waals surface area contributed by atoms with E-state index in [1.807, 2.05) is 42.8 Å². The van der Waals surface area contributed by atoms with Crippen molar-refractivity contribution in [3.63, 3.8) is 0 Å². The van der Waals surface area contributed by atoms with Crippen LogP contribution in [0.2, 0.25) is 10.0 Å². The molecule has 1 aliphatic rings. The molecule has 0 aliphatic carbocycles. The van der Waals surface area contributed by atoms with Gasteiger partial charge in [-0.25, -0.2) is 4.98 Å². The van der Waals surface area contributed by atoms with Crippen LogP contribution in [-0.4, -0.2) is 28.9 Å². The first kappa shape index (κ1) is 20.2. The third-order valence-electron chi connectivity index (χ3n) is 4.78. The molecule has 1 fully saturated rings. The average Bonchev–Trinajstić information content (AvgIpc) is 3.30. The first-order valence-electron chi connectivity index (χ1n) is 9.38. The van der Waals surface area contributed by atoms with Gasteiger partial charge in [-0.1, -0.05) is 35.3 Å². The van der Waals surface area contributed by atoms with E-state index in [1.54, 1.807) is 24.7 Å². The van der Waals surface area contributed by atoms with Gasteiger partial charge in [0.25, 0.3) is 0 Å². The van der Waals surface area contributed by atoms with Gasteiger partial charge in [0, 0.05) is 23.0 Å². The summed E-state index contributed by atoms with van der Waals surface area (Å²) in [6, 6.07) is 11.5. The van der Waals surface area contributed by atoms with Crippen LogP contribution in [0.5, 0.6) is 5.75 Å². The molecule has 0 saturated carbocycles. The molecule has 0 amide bonds.